The molecule has 2 aromatic heterocycles. The second-order valence-corrected chi connectivity index (χ2v) is 11.1. The van der Waals surface area contributed by atoms with Gasteiger partial charge in [0.1, 0.15) is 0 Å². The maximum atomic E-state index is 14.4. The first-order valence-corrected chi connectivity index (χ1v) is 13.5. The van der Waals surface area contributed by atoms with Crippen LogP contribution >= 0.6 is 11.5 Å². The molecule has 2 aliphatic heterocycles. The Balaban J connectivity index is 1.18. The van der Waals surface area contributed by atoms with Crippen LogP contribution < -0.4 is 9.64 Å². The van der Waals surface area contributed by atoms with Crippen LogP contribution in [-0.2, 0) is 14.6 Å². The van der Waals surface area contributed by atoms with E-state index in [1.54, 1.807) is 17.1 Å². The van der Waals surface area contributed by atoms with Crippen LogP contribution in [0.4, 0.5) is 9.52 Å². The number of sulfone groups is 1. The smallest absolute Gasteiger partial charge is 0.264 e. The van der Waals surface area contributed by atoms with E-state index in [0.717, 1.165) is 43.4 Å². The number of ether oxygens (including phenoxy) is 1. The van der Waals surface area contributed by atoms with E-state index in [2.05, 4.69) is 19.4 Å². The molecule has 0 spiro atoms. The van der Waals surface area contributed by atoms with E-state index in [4.69, 9.17) is 4.74 Å². The number of carbonyl (C=O) groups excluding carboxylic acids is 1. The number of nitrogens with zero attached hydrogens (tertiary/aromatic N) is 6. The molecule has 0 aliphatic carbocycles. The molecule has 34 heavy (non-hydrogen) atoms. The van der Waals surface area contributed by atoms with Crippen LogP contribution in [0.1, 0.15) is 19.3 Å². The van der Waals surface area contributed by atoms with E-state index in [-0.39, 0.29) is 22.6 Å². The van der Waals surface area contributed by atoms with Gasteiger partial charge in [-0.2, -0.15) is 10.1 Å². The maximum absolute atomic E-state index is 14.4. The summed E-state index contributed by atoms with van der Waals surface area (Å²) in [6.07, 6.45) is 5.72. The van der Waals surface area contributed by atoms with Gasteiger partial charge >= 0.3 is 0 Å². The van der Waals surface area contributed by atoms with Gasteiger partial charge in [0, 0.05) is 62.3 Å². The van der Waals surface area contributed by atoms with E-state index in [9.17, 15) is 17.6 Å². The lowest BCUT2D eigenvalue weighted by Crippen LogP contribution is -2.47. The first kappa shape index (κ1) is 22.7. The van der Waals surface area contributed by atoms with E-state index >= 15 is 0 Å². The van der Waals surface area contributed by atoms with Crippen molar-refractivity contribution in [3.05, 3.63) is 42.5 Å². The molecule has 1 atom stereocenters. The van der Waals surface area contributed by atoms with Gasteiger partial charge in [0.05, 0.1) is 4.90 Å². The van der Waals surface area contributed by atoms with Crippen LogP contribution in [0.15, 0.2) is 41.6 Å². The average Bonchev–Trinajstić information content (AvgIpc) is 3.56. The highest BCUT2D eigenvalue weighted by Crippen LogP contribution is 2.29. The van der Waals surface area contributed by atoms with Gasteiger partial charge in [-0.15, -0.1) is 4.37 Å². The van der Waals surface area contributed by atoms with Crippen LogP contribution in [0.2, 0.25) is 0 Å². The first-order valence-electron chi connectivity index (χ1n) is 10.8. The average molecular weight is 507 g/mol. The number of hydrogen-bond donors (Lipinski definition) is 0. The van der Waals surface area contributed by atoms with Crippen molar-refractivity contribution in [2.24, 2.45) is 0 Å². The lowest BCUT2D eigenvalue weighted by molar-refractivity contribution is -0.135. The molecule has 0 saturated carbocycles. The van der Waals surface area contributed by atoms with E-state index in [0.29, 0.717) is 18.9 Å². The molecule has 2 fully saturated rings. The van der Waals surface area contributed by atoms with Gasteiger partial charge in [0.2, 0.25) is 5.13 Å². The number of halogens is 1. The fraction of sp³-hybridized carbons (Fsp3) is 0.429. The van der Waals surface area contributed by atoms with Gasteiger partial charge < -0.3 is 14.5 Å². The summed E-state index contributed by atoms with van der Waals surface area (Å²) in [5, 5.41) is 4.97. The van der Waals surface area contributed by atoms with Gasteiger partial charge in [-0.3, -0.25) is 4.79 Å². The Kier molecular flexibility index (Phi) is 5.98. The predicted molar refractivity (Wildman–Crippen MR) is 123 cm³/mol. The molecule has 10 nitrogen and oxygen atoms in total. The summed E-state index contributed by atoms with van der Waals surface area (Å²) in [5.41, 5.74) is 0. The SMILES string of the molecule is CS(=O)(=O)c1ccc(O[C@H]2CCN(C3CCN(c4nc(-n5cccn5)ns4)CC3)C2=O)c(F)c1. The van der Waals surface area contributed by atoms with Crippen molar-refractivity contribution < 1.29 is 22.3 Å². The Hall–Kier alpha value is -3.06. The zero-order valence-corrected chi connectivity index (χ0v) is 20.0. The van der Waals surface area contributed by atoms with Gasteiger partial charge in [0.25, 0.3) is 11.9 Å². The molecule has 3 aromatic rings. The summed E-state index contributed by atoms with van der Waals surface area (Å²) in [6, 6.07) is 5.36. The number of benzene rings is 1. The minimum Gasteiger partial charge on any atom is -0.477 e. The van der Waals surface area contributed by atoms with Gasteiger partial charge in [0.15, 0.2) is 27.5 Å². The lowest BCUT2D eigenvalue weighted by atomic mass is 10.0. The molecule has 1 amide bonds. The van der Waals surface area contributed by atoms with Crippen molar-refractivity contribution in [1.29, 1.82) is 0 Å². The number of rotatable bonds is 6. The fourth-order valence-corrected chi connectivity index (χ4v) is 5.63. The molecule has 2 aliphatic rings. The molecule has 5 rings (SSSR count). The molecular formula is C21H23FN6O4S2. The number of amides is 1. The summed E-state index contributed by atoms with van der Waals surface area (Å²) >= 11 is 1.32. The predicted octanol–water partition coefficient (Wildman–Crippen LogP) is 1.92. The van der Waals surface area contributed by atoms with Gasteiger partial charge in [-0.25, -0.2) is 17.5 Å². The van der Waals surface area contributed by atoms with Crippen molar-refractivity contribution in [3.63, 3.8) is 0 Å². The highest BCUT2D eigenvalue weighted by atomic mass is 32.2. The van der Waals surface area contributed by atoms with Gasteiger partial charge in [-0.1, -0.05) is 0 Å². The summed E-state index contributed by atoms with van der Waals surface area (Å²) in [5.74, 6) is -0.541. The highest BCUT2D eigenvalue weighted by molar-refractivity contribution is 7.90. The third-order valence-corrected chi connectivity index (χ3v) is 7.96. The molecule has 2 saturated heterocycles. The zero-order chi connectivity index (χ0) is 23.9. The third-order valence-electron chi connectivity index (χ3n) is 6.08. The van der Waals surface area contributed by atoms with Crippen molar-refractivity contribution in [3.8, 4) is 11.7 Å². The van der Waals surface area contributed by atoms with Crippen LogP contribution in [-0.4, -0.2) is 76.4 Å². The van der Waals surface area contributed by atoms with E-state index < -0.39 is 21.8 Å². The van der Waals surface area contributed by atoms with Crippen LogP contribution in [0.5, 0.6) is 5.75 Å². The Bertz CT molecular complexity index is 1290. The molecule has 0 bridgehead atoms. The van der Waals surface area contributed by atoms with Crippen molar-refractivity contribution in [2.75, 3.05) is 30.8 Å². The molecule has 180 valence electrons. The third kappa shape index (κ3) is 4.49. The van der Waals surface area contributed by atoms with E-state index in [1.807, 2.05) is 11.0 Å². The van der Waals surface area contributed by atoms with Crippen LogP contribution in [0.25, 0.3) is 5.95 Å². The summed E-state index contributed by atoms with van der Waals surface area (Å²) in [6.45, 7) is 2.03. The molecule has 4 heterocycles. The molecule has 0 N–H and O–H groups in total. The number of hydrogen-bond acceptors (Lipinski definition) is 9. The first-order chi connectivity index (χ1) is 16.3. The number of aromatic nitrogens is 4. The van der Waals surface area contributed by atoms with Crippen molar-refractivity contribution in [1.82, 2.24) is 24.0 Å². The summed E-state index contributed by atoms with van der Waals surface area (Å²) in [4.78, 5) is 21.4. The van der Waals surface area contributed by atoms with Gasteiger partial charge in [-0.05, 0) is 37.1 Å². The van der Waals surface area contributed by atoms with Crippen LogP contribution in [0, 0.1) is 5.82 Å². The highest BCUT2D eigenvalue weighted by Gasteiger charge is 2.39. The number of piperidine rings is 1. The lowest BCUT2D eigenvalue weighted by Gasteiger charge is -2.36. The minimum atomic E-state index is -3.52. The largest absolute Gasteiger partial charge is 0.477 e. The molecular weight excluding hydrogens is 483 g/mol. The summed E-state index contributed by atoms with van der Waals surface area (Å²) in [7, 11) is -3.52. The van der Waals surface area contributed by atoms with E-state index in [1.165, 1.54) is 23.7 Å². The monoisotopic (exact) mass is 506 g/mol. The fourth-order valence-electron chi connectivity index (χ4n) is 4.29. The minimum absolute atomic E-state index is 0.0771. The normalized spacial score (nSPS) is 19.7. The Labute approximate surface area is 200 Å². The van der Waals surface area contributed by atoms with Crippen LogP contribution in [0.3, 0.4) is 0 Å². The van der Waals surface area contributed by atoms with Crippen molar-refractivity contribution >= 4 is 32.4 Å². The second-order valence-electron chi connectivity index (χ2n) is 8.34. The number of anilines is 1. The number of carbonyl (C=O) groups is 1. The quantitative estimate of drug-likeness (QED) is 0.499. The maximum Gasteiger partial charge on any atom is 0.264 e. The number of likely N-dealkylation sites (tertiary alicyclic amines) is 1. The Morgan fingerprint density at radius 2 is 1.97 bits per heavy atom. The Morgan fingerprint density at radius 3 is 2.65 bits per heavy atom. The molecule has 1 aromatic carbocycles. The second kappa shape index (κ2) is 8.95. The Morgan fingerprint density at radius 1 is 1.18 bits per heavy atom. The molecule has 13 heteroatoms. The zero-order valence-electron chi connectivity index (χ0n) is 18.4. The summed E-state index contributed by atoms with van der Waals surface area (Å²) < 4.78 is 49.2. The molecule has 0 radical (unpaired) electrons. The topological polar surface area (TPSA) is 111 Å². The van der Waals surface area contributed by atoms with Crippen molar-refractivity contribution in [2.45, 2.75) is 36.3 Å². The standard InChI is InChI=1S/C21H23FN6O4S2/c1-34(30,31)15-3-4-17(16(22)13-15)32-18-7-12-27(19(18)29)14-5-10-26(11-6-14)21-24-20(25-33-21)28-9-2-8-23-28/h2-4,8-9,13-14,18H,5-7,10-12H2,1H3/t18-/m0/s1. The molecule has 0 unspecified atom stereocenters.